The van der Waals surface area contributed by atoms with Crippen LogP contribution in [0.5, 0.6) is 0 Å². The molecule has 1 saturated heterocycles. The molecule has 0 aliphatic carbocycles. The topological polar surface area (TPSA) is 27.7 Å². The van der Waals surface area contributed by atoms with E-state index in [0.29, 0.717) is 19.8 Å². The smallest absolute Gasteiger partial charge is 0.180 e. The van der Waals surface area contributed by atoms with Crippen LogP contribution >= 0.6 is 0 Å². The SMILES string of the molecule is C[SiH2]COC1COCCO1. The van der Waals surface area contributed by atoms with Crippen molar-refractivity contribution in [1.82, 2.24) is 0 Å². The molecule has 0 radical (unpaired) electrons. The minimum absolute atomic E-state index is 0.0112. The van der Waals surface area contributed by atoms with E-state index < -0.39 is 0 Å². The molecule has 0 aromatic heterocycles. The molecule has 1 rings (SSSR count). The molecular weight excluding hydrogens is 148 g/mol. The van der Waals surface area contributed by atoms with Crippen molar-refractivity contribution >= 4 is 9.52 Å². The maximum atomic E-state index is 5.35. The van der Waals surface area contributed by atoms with E-state index in [1.165, 1.54) is 0 Å². The summed E-state index contributed by atoms with van der Waals surface area (Å²) < 4.78 is 15.7. The van der Waals surface area contributed by atoms with Crippen LogP contribution in [-0.4, -0.2) is 41.9 Å². The molecule has 0 amide bonds. The van der Waals surface area contributed by atoms with Gasteiger partial charge in [0.05, 0.1) is 19.8 Å². The van der Waals surface area contributed by atoms with Crippen molar-refractivity contribution in [3.05, 3.63) is 0 Å². The summed E-state index contributed by atoms with van der Waals surface area (Å²) in [7, 11) is 0.0112. The van der Waals surface area contributed by atoms with Gasteiger partial charge in [-0.1, -0.05) is 6.55 Å². The van der Waals surface area contributed by atoms with E-state index in [1.54, 1.807) is 0 Å². The highest BCUT2D eigenvalue weighted by Gasteiger charge is 2.13. The summed E-state index contributed by atoms with van der Waals surface area (Å²) in [6, 6.07) is 0. The molecular formula is C6H14O3Si. The van der Waals surface area contributed by atoms with Crippen LogP contribution in [0.2, 0.25) is 6.55 Å². The molecule has 0 aromatic carbocycles. The molecule has 0 spiro atoms. The third-order valence-corrected chi connectivity index (χ3v) is 1.94. The van der Waals surface area contributed by atoms with Gasteiger partial charge in [-0.2, -0.15) is 0 Å². The van der Waals surface area contributed by atoms with Gasteiger partial charge in [0.25, 0.3) is 0 Å². The largest absolute Gasteiger partial charge is 0.374 e. The van der Waals surface area contributed by atoms with Gasteiger partial charge in [0, 0.05) is 15.7 Å². The second kappa shape index (κ2) is 4.84. The van der Waals surface area contributed by atoms with Crippen LogP contribution in [0.4, 0.5) is 0 Å². The molecule has 4 heteroatoms. The molecule has 10 heavy (non-hydrogen) atoms. The summed E-state index contributed by atoms with van der Waals surface area (Å²) in [5.74, 6) is 0. The fourth-order valence-corrected chi connectivity index (χ4v) is 1.31. The molecule has 0 N–H and O–H groups in total. The van der Waals surface area contributed by atoms with Crippen molar-refractivity contribution in [2.24, 2.45) is 0 Å². The molecule has 0 saturated carbocycles. The lowest BCUT2D eigenvalue weighted by Gasteiger charge is -2.22. The number of hydrogen-bond acceptors (Lipinski definition) is 3. The summed E-state index contributed by atoms with van der Waals surface area (Å²) in [4.78, 5) is 0. The molecule has 1 aliphatic rings. The fourth-order valence-electron chi connectivity index (χ4n) is 0.812. The molecule has 1 fully saturated rings. The molecule has 0 bridgehead atoms. The van der Waals surface area contributed by atoms with Gasteiger partial charge in [0.15, 0.2) is 6.29 Å². The first-order valence-electron chi connectivity index (χ1n) is 3.74. The maximum absolute atomic E-state index is 5.35. The Labute approximate surface area is 63.5 Å². The van der Waals surface area contributed by atoms with E-state index >= 15 is 0 Å². The summed E-state index contributed by atoms with van der Waals surface area (Å²) in [5, 5.41) is 0. The van der Waals surface area contributed by atoms with Gasteiger partial charge in [0.1, 0.15) is 0 Å². The lowest BCUT2D eigenvalue weighted by atomic mass is 10.6. The Balaban J connectivity index is 2.02. The van der Waals surface area contributed by atoms with Crippen molar-refractivity contribution in [2.45, 2.75) is 12.8 Å². The quantitative estimate of drug-likeness (QED) is 0.526. The van der Waals surface area contributed by atoms with Gasteiger partial charge in [-0.05, 0) is 0 Å². The van der Waals surface area contributed by atoms with Gasteiger partial charge in [-0.3, -0.25) is 0 Å². The molecule has 60 valence electrons. The Morgan fingerprint density at radius 3 is 3.10 bits per heavy atom. The molecule has 1 aliphatic heterocycles. The van der Waals surface area contributed by atoms with Gasteiger partial charge in [-0.25, -0.2) is 0 Å². The zero-order valence-electron chi connectivity index (χ0n) is 6.34. The average molecular weight is 162 g/mol. The van der Waals surface area contributed by atoms with E-state index in [2.05, 4.69) is 6.55 Å². The molecule has 3 nitrogen and oxygen atoms in total. The van der Waals surface area contributed by atoms with E-state index in [4.69, 9.17) is 14.2 Å². The van der Waals surface area contributed by atoms with Crippen molar-refractivity contribution in [3.63, 3.8) is 0 Å². The maximum Gasteiger partial charge on any atom is 0.180 e. The number of ether oxygens (including phenoxy) is 3. The summed E-state index contributed by atoms with van der Waals surface area (Å²) in [6.45, 7) is 4.21. The van der Waals surface area contributed by atoms with Gasteiger partial charge >= 0.3 is 0 Å². The lowest BCUT2D eigenvalue weighted by Crippen LogP contribution is -2.31. The zero-order chi connectivity index (χ0) is 7.23. The third-order valence-electron chi connectivity index (χ3n) is 1.29. The predicted molar refractivity (Wildman–Crippen MR) is 40.9 cm³/mol. The Morgan fingerprint density at radius 2 is 2.50 bits per heavy atom. The summed E-state index contributed by atoms with van der Waals surface area (Å²) in [6.07, 6.45) is 0.815. The van der Waals surface area contributed by atoms with Crippen LogP contribution in [-0.2, 0) is 14.2 Å². The minimum atomic E-state index is -0.0822. The third kappa shape index (κ3) is 2.79. The molecule has 1 unspecified atom stereocenters. The molecule has 1 atom stereocenters. The summed E-state index contributed by atoms with van der Waals surface area (Å²) >= 11 is 0. The average Bonchev–Trinajstić information content (AvgIpc) is 2.03. The second-order valence-corrected chi connectivity index (χ2v) is 3.65. The van der Waals surface area contributed by atoms with Gasteiger partial charge in [0.2, 0.25) is 0 Å². The number of hydrogen-bond donors (Lipinski definition) is 0. The standard InChI is InChI=1S/C6H14O3Si/c1-10-5-9-6-4-7-2-3-8-6/h6H,2-5,10H2,1H3. The minimum Gasteiger partial charge on any atom is -0.374 e. The normalized spacial score (nSPS) is 27.9. The van der Waals surface area contributed by atoms with Crippen LogP contribution in [0.3, 0.4) is 0 Å². The van der Waals surface area contributed by atoms with Crippen molar-refractivity contribution < 1.29 is 14.2 Å². The zero-order valence-corrected chi connectivity index (χ0v) is 7.75. The van der Waals surface area contributed by atoms with E-state index in [9.17, 15) is 0 Å². The first-order chi connectivity index (χ1) is 4.93. The summed E-state index contributed by atoms with van der Waals surface area (Å²) in [5.41, 5.74) is 0. The van der Waals surface area contributed by atoms with Crippen molar-refractivity contribution in [2.75, 3.05) is 26.1 Å². The Morgan fingerprint density at radius 1 is 1.60 bits per heavy atom. The van der Waals surface area contributed by atoms with Gasteiger partial charge < -0.3 is 14.2 Å². The van der Waals surface area contributed by atoms with E-state index in [0.717, 1.165) is 6.23 Å². The Bertz CT molecular complexity index is 83.1. The monoisotopic (exact) mass is 162 g/mol. The molecule has 1 heterocycles. The lowest BCUT2D eigenvalue weighted by molar-refractivity contribution is -0.203. The number of rotatable bonds is 3. The van der Waals surface area contributed by atoms with Crippen molar-refractivity contribution in [3.8, 4) is 0 Å². The first kappa shape index (κ1) is 8.20. The van der Waals surface area contributed by atoms with Crippen LogP contribution in [0.15, 0.2) is 0 Å². The van der Waals surface area contributed by atoms with E-state index in [1.807, 2.05) is 0 Å². The van der Waals surface area contributed by atoms with Crippen LogP contribution in [0.1, 0.15) is 0 Å². The highest BCUT2D eigenvalue weighted by Crippen LogP contribution is 2.00. The predicted octanol–water partition coefficient (Wildman–Crippen LogP) is -0.450. The second-order valence-electron chi connectivity index (χ2n) is 2.25. The Hall–Kier alpha value is 0.0969. The van der Waals surface area contributed by atoms with Gasteiger partial charge in [-0.15, -0.1) is 0 Å². The van der Waals surface area contributed by atoms with Crippen LogP contribution in [0, 0.1) is 0 Å². The highest BCUT2D eigenvalue weighted by atomic mass is 28.2. The molecule has 0 aromatic rings. The first-order valence-corrected chi connectivity index (χ1v) is 6.16. The Kier molecular flexibility index (Phi) is 3.97. The highest BCUT2D eigenvalue weighted by molar-refractivity contribution is 6.33. The van der Waals surface area contributed by atoms with Crippen molar-refractivity contribution in [1.29, 1.82) is 0 Å². The van der Waals surface area contributed by atoms with Crippen LogP contribution in [0.25, 0.3) is 0 Å². The fraction of sp³-hybridized carbons (Fsp3) is 1.00. The van der Waals surface area contributed by atoms with Crippen LogP contribution < -0.4 is 0 Å². The van der Waals surface area contributed by atoms with E-state index in [-0.39, 0.29) is 15.8 Å².